The standard InChI is InChI=1S/C26H35BrN2O3/c1-17(2)28-25(31)19(4)29(15-20-10-8-18(3)9-11-20)24(30)16-32-23-13-12-21(14-22(23)27)26(5,6)7/h8-14,17,19H,15-16H2,1-7H3,(H,28,31)/t19-/m1/s1. The first-order chi connectivity index (χ1) is 14.9. The van der Waals surface area contributed by atoms with Crippen molar-refractivity contribution in [3.8, 4) is 5.75 Å². The minimum Gasteiger partial charge on any atom is -0.483 e. The van der Waals surface area contributed by atoms with E-state index in [-0.39, 0.29) is 29.9 Å². The summed E-state index contributed by atoms with van der Waals surface area (Å²) in [4.78, 5) is 27.4. The maximum atomic E-state index is 13.2. The molecule has 0 aliphatic heterocycles. The van der Waals surface area contributed by atoms with Gasteiger partial charge in [0.15, 0.2) is 6.61 Å². The molecule has 1 atom stereocenters. The lowest BCUT2D eigenvalue weighted by atomic mass is 9.87. The van der Waals surface area contributed by atoms with Gasteiger partial charge in [0, 0.05) is 12.6 Å². The summed E-state index contributed by atoms with van der Waals surface area (Å²) in [6, 6.07) is 13.2. The van der Waals surface area contributed by atoms with Crippen LogP contribution in [-0.4, -0.2) is 35.4 Å². The number of halogens is 1. The molecule has 0 aliphatic rings. The molecule has 0 aliphatic carbocycles. The Hall–Kier alpha value is -2.34. The first-order valence-corrected chi connectivity index (χ1v) is 11.8. The minimum atomic E-state index is -0.624. The normalized spacial score (nSPS) is 12.4. The van der Waals surface area contributed by atoms with Gasteiger partial charge in [-0.2, -0.15) is 0 Å². The molecule has 0 unspecified atom stereocenters. The largest absolute Gasteiger partial charge is 0.483 e. The highest BCUT2D eigenvalue weighted by Gasteiger charge is 2.27. The number of ether oxygens (including phenoxy) is 1. The molecule has 0 aromatic heterocycles. The fraction of sp³-hybridized carbons (Fsp3) is 0.462. The summed E-state index contributed by atoms with van der Waals surface area (Å²) in [5, 5.41) is 2.89. The maximum absolute atomic E-state index is 13.2. The average molecular weight is 503 g/mol. The van der Waals surface area contributed by atoms with E-state index in [1.54, 1.807) is 11.8 Å². The summed E-state index contributed by atoms with van der Waals surface area (Å²) >= 11 is 3.55. The van der Waals surface area contributed by atoms with Crippen LogP contribution in [0.15, 0.2) is 46.9 Å². The number of hydrogen-bond donors (Lipinski definition) is 1. The number of carbonyl (C=O) groups excluding carboxylic acids is 2. The fourth-order valence-electron chi connectivity index (χ4n) is 3.18. The van der Waals surface area contributed by atoms with E-state index in [1.807, 2.05) is 63.2 Å². The zero-order valence-electron chi connectivity index (χ0n) is 20.2. The van der Waals surface area contributed by atoms with Crippen LogP contribution in [-0.2, 0) is 21.5 Å². The van der Waals surface area contributed by atoms with Crippen LogP contribution in [0.3, 0.4) is 0 Å². The van der Waals surface area contributed by atoms with Gasteiger partial charge in [-0.05, 0) is 72.3 Å². The third kappa shape index (κ3) is 7.37. The van der Waals surface area contributed by atoms with E-state index in [9.17, 15) is 9.59 Å². The Morgan fingerprint density at radius 1 is 1.06 bits per heavy atom. The Bertz CT molecular complexity index is 933. The third-order valence-corrected chi connectivity index (χ3v) is 5.84. The van der Waals surface area contributed by atoms with Crippen molar-refractivity contribution in [1.82, 2.24) is 10.2 Å². The van der Waals surface area contributed by atoms with Crippen molar-refractivity contribution in [2.24, 2.45) is 0 Å². The summed E-state index contributed by atoms with van der Waals surface area (Å²) < 4.78 is 6.64. The molecular weight excluding hydrogens is 468 g/mol. The molecule has 2 amide bonds. The van der Waals surface area contributed by atoms with Crippen molar-refractivity contribution < 1.29 is 14.3 Å². The Kier molecular flexibility index (Phi) is 8.90. The molecule has 6 heteroatoms. The number of nitrogens with zero attached hydrogens (tertiary/aromatic N) is 1. The number of rotatable bonds is 8. The predicted molar refractivity (Wildman–Crippen MR) is 133 cm³/mol. The summed E-state index contributed by atoms with van der Waals surface area (Å²) in [5.74, 6) is 0.167. The quantitative estimate of drug-likeness (QED) is 0.527. The van der Waals surface area contributed by atoms with Crippen molar-refractivity contribution >= 4 is 27.7 Å². The van der Waals surface area contributed by atoms with E-state index >= 15 is 0 Å². The van der Waals surface area contributed by atoms with Crippen molar-refractivity contribution in [3.05, 3.63) is 63.6 Å². The highest BCUT2D eigenvalue weighted by Crippen LogP contribution is 2.31. The van der Waals surface area contributed by atoms with Gasteiger partial charge in [0.25, 0.3) is 5.91 Å². The van der Waals surface area contributed by atoms with E-state index in [0.29, 0.717) is 12.3 Å². The van der Waals surface area contributed by atoms with Crippen molar-refractivity contribution in [2.45, 2.75) is 72.5 Å². The molecule has 0 saturated heterocycles. The zero-order chi connectivity index (χ0) is 24.1. The lowest BCUT2D eigenvalue weighted by Gasteiger charge is -2.29. The molecule has 174 valence electrons. The average Bonchev–Trinajstić information content (AvgIpc) is 2.70. The van der Waals surface area contributed by atoms with Crippen LogP contribution in [0.2, 0.25) is 0 Å². The van der Waals surface area contributed by atoms with Crippen LogP contribution < -0.4 is 10.1 Å². The van der Waals surface area contributed by atoms with Crippen molar-refractivity contribution in [3.63, 3.8) is 0 Å². The molecule has 0 radical (unpaired) electrons. The predicted octanol–water partition coefficient (Wildman–Crippen LogP) is 5.38. The Morgan fingerprint density at radius 2 is 1.69 bits per heavy atom. The van der Waals surface area contributed by atoms with Crippen LogP contribution in [0.25, 0.3) is 0 Å². The molecule has 0 heterocycles. The molecule has 5 nitrogen and oxygen atoms in total. The van der Waals surface area contributed by atoms with Gasteiger partial charge in [-0.15, -0.1) is 0 Å². The van der Waals surface area contributed by atoms with Crippen molar-refractivity contribution in [1.29, 1.82) is 0 Å². The number of carbonyl (C=O) groups is 2. The lowest BCUT2D eigenvalue weighted by molar-refractivity contribution is -0.142. The van der Waals surface area contributed by atoms with Crippen LogP contribution >= 0.6 is 15.9 Å². The second-order valence-electron chi connectivity index (χ2n) is 9.53. The highest BCUT2D eigenvalue weighted by atomic mass is 79.9. The highest BCUT2D eigenvalue weighted by molar-refractivity contribution is 9.10. The SMILES string of the molecule is Cc1ccc(CN(C(=O)COc2ccc(C(C)(C)C)cc2Br)[C@H](C)C(=O)NC(C)C)cc1. The fourth-order valence-corrected chi connectivity index (χ4v) is 3.68. The van der Waals surface area contributed by atoms with Gasteiger partial charge in [0.2, 0.25) is 5.91 Å². The van der Waals surface area contributed by atoms with Gasteiger partial charge in [0.05, 0.1) is 4.47 Å². The van der Waals surface area contributed by atoms with Crippen molar-refractivity contribution in [2.75, 3.05) is 6.61 Å². The van der Waals surface area contributed by atoms with E-state index in [4.69, 9.17) is 4.74 Å². The minimum absolute atomic E-state index is 0.00480. The van der Waals surface area contributed by atoms with Gasteiger partial charge < -0.3 is 15.0 Å². The summed E-state index contributed by atoms with van der Waals surface area (Å²) in [6.45, 7) is 14.2. The van der Waals surface area contributed by atoms with E-state index in [1.165, 1.54) is 5.56 Å². The molecule has 0 bridgehead atoms. The van der Waals surface area contributed by atoms with E-state index in [0.717, 1.165) is 15.6 Å². The number of amides is 2. The first kappa shape index (κ1) is 25.9. The van der Waals surface area contributed by atoms with Crippen LogP contribution in [0.5, 0.6) is 5.75 Å². The Balaban J connectivity index is 2.18. The zero-order valence-corrected chi connectivity index (χ0v) is 21.7. The maximum Gasteiger partial charge on any atom is 0.261 e. The molecule has 0 spiro atoms. The third-order valence-electron chi connectivity index (χ3n) is 5.22. The molecule has 2 aromatic carbocycles. The molecule has 2 aromatic rings. The monoisotopic (exact) mass is 502 g/mol. The smallest absolute Gasteiger partial charge is 0.261 e. The molecule has 2 rings (SSSR count). The van der Waals surface area contributed by atoms with Gasteiger partial charge >= 0.3 is 0 Å². The van der Waals surface area contributed by atoms with Crippen LogP contribution in [0.1, 0.15) is 58.2 Å². The van der Waals surface area contributed by atoms with Gasteiger partial charge in [-0.3, -0.25) is 9.59 Å². The Labute approximate surface area is 200 Å². The van der Waals surface area contributed by atoms with Gasteiger partial charge in [-0.25, -0.2) is 0 Å². The number of hydrogen-bond acceptors (Lipinski definition) is 3. The lowest BCUT2D eigenvalue weighted by Crippen LogP contribution is -2.50. The van der Waals surface area contributed by atoms with Crippen LogP contribution in [0, 0.1) is 6.92 Å². The molecule has 32 heavy (non-hydrogen) atoms. The number of nitrogens with one attached hydrogen (secondary N) is 1. The van der Waals surface area contributed by atoms with E-state index in [2.05, 4.69) is 42.0 Å². The van der Waals surface area contributed by atoms with Crippen LogP contribution in [0.4, 0.5) is 0 Å². The summed E-state index contributed by atoms with van der Waals surface area (Å²) in [5.41, 5.74) is 3.29. The van der Waals surface area contributed by atoms with Gasteiger partial charge in [-0.1, -0.05) is 56.7 Å². The summed E-state index contributed by atoms with van der Waals surface area (Å²) in [6.07, 6.45) is 0. The topological polar surface area (TPSA) is 58.6 Å². The molecule has 0 saturated carbocycles. The Morgan fingerprint density at radius 3 is 2.22 bits per heavy atom. The summed E-state index contributed by atoms with van der Waals surface area (Å²) in [7, 11) is 0. The van der Waals surface area contributed by atoms with E-state index < -0.39 is 6.04 Å². The first-order valence-electron chi connectivity index (χ1n) is 11.0. The number of aryl methyl sites for hydroxylation is 1. The molecule has 1 N–H and O–H groups in total. The van der Waals surface area contributed by atoms with Gasteiger partial charge in [0.1, 0.15) is 11.8 Å². The second-order valence-corrected chi connectivity index (χ2v) is 10.4. The number of benzene rings is 2. The molecule has 0 fully saturated rings. The molecular formula is C26H35BrN2O3. The second kappa shape index (κ2) is 11.0.